The van der Waals surface area contributed by atoms with Gasteiger partial charge in [0.1, 0.15) is 11.5 Å². The minimum absolute atomic E-state index is 0.384. The summed E-state index contributed by atoms with van der Waals surface area (Å²) in [4.78, 5) is 0. The summed E-state index contributed by atoms with van der Waals surface area (Å²) in [6, 6.07) is 2.79. The fraction of sp³-hybridized carbons (Fsp3) is 0.333. The molecule has 0 amide bonds. The van der Waals surface area contributed by atoms with Crippen molar-refractivity contribution in [2.24, 2.45) is 5.92 Å². The number of benzene rings is 1. The lowest BCUT2D eigenvalue weighted by Gasteiger charge is -2.43. The number of phenolic OH excluding ortho intramolecular Hbond substituents is 1. The molecule has 0 aromatic heterocycles. The zero-order valence-electron chi connectivity index (χ0n) is 11.5. The van der Waals surface area contributed by atoms with E-state index in [1.165, 1.54) is 0 Å². The molecule has 1 unspecified atom stereocenters. The van der Waals surface area contributed by atoms with Crippen LogP contribution in [0.1, 0.15) is 12.0 Å². The summed E-state index contributed by atoms with van der Waals surface area (Å²) in [7, 11) is 0. The Morgan fingerprint density at radius 1 is 0.870 bits per heavy atom. The smallest absolute Gasteiger partial charge is 0.407 e. The van der Waals surface area contributed by atoms with Crippen LogP contribution < -0.4 is 0 Å². The van der Waals surface area contributed by atoms with Crippen molar-refractivity contribution in [3.8, 4) is 5.75 Å². The highest BCUT2D eigenvalue weighted by atomic mass is 19.4. The molecule has 0 aliphatic heterocycles. The topological polar surface area (TPSA) is 40.5 Å². The van der Waals surface area contributed by atoms with Crippen molar-refractivity contribution in [2.75, 3.05) is 0 Å². The third-order valence-corrected chi connectivity index (χ3v) is 3.85. The molecule has 0 heterocycles. The number of rotatable bonds is 2. The molecule has 1 aliphatic carbocycles. The summed E-state index contributed by atoms with van der Waals surface area (Å²) >= 11 is 0. The maximum atomic E-state index is 13.6. The first-order valence-corrected chi connectivity index (χ1v) is 6.50. The molecule has 23 heavy (non-hydrogen) atoms. The summed E-state index contributed by atoms with van der Waals surface area (Å²) in [5, 5.41) is 18.3. The first kappa shape index (κ1) is 17.2. The number of phenols is 1. The van der Waals surface area contributed by atoms with E-state index < -0.39 is 41.4 Å². The van der Waals surface area contributed by atoms with Crippen molar-refractivity contribution in [3.05, 3.63) is 53.8 Å². The van der Waals surface area contributed by atoms with Crippen LogP contribution in [0.25, 0.3) is 0 Å². The fourth-order valence-electron chi connectivity index (χ4n) is 2.78. The fourth-order valence-corrected chi connectivity index (χ4v) is 2.78. The number of aromatic hydroxyl groups is 1. The second-order valence-corrected chi connectivity index (χ2v) is 5.18. The number of hydrogen-bond donors (Lipinski definition) is 2. The molecule has 2 rings (SSSR count). The number of allylic oxidation sites excluding steroid dienone is 3. The third kappa shape index (κ3) is 2.77. The van der Waals surface area contributed by atoms with E-state index in [9.17, 15) is 31.4 Å². The van der Waals surface area contributed by atoms with Crippen molar-refractivity contribution in [1.29, 1.82) is 0 Å². The number of alkyl halides is 6. The van der Waals surface area contributed by atoms with Gasteiger partial charge in [0.25, 0.3) is 0 Å². The normalized spacial score (nSPS) is 19.6. The Hall–Kier alpha value is -2.12. The van der Waals surface area contributed by atoms with Gasteiger partial charge in [0.15, 0.2) is 5.41 Å². The van der Waals surface area contributed by atoms with Gasteiger partial charge in [-0.15, -0.1) is 0 Å². The van der Waals surface area contributed by atoms with Crippen LogP contribution in [0, 0.1) is 5.92 Å². The van der Waals surface area contributed by atoms with E-state index in [1.54, 1.807) is 0 Å². The maximum absolute atomic E-state index is 13.6. The first-order chi connectivity index (χ1) is 10.5. The monoisotopic (exact) mass is 338 g/mol. The molecule has 0 radical (unpaired) electrons. The molecule has 1 aromatic rings. The number of aliphatic hydroxyl groups excluding tert-OH is 1. The average molecular weight is 338 g/mol. The Balaban J connectivity index is 2.72. The predicted molar refractivity (Wildman–Crippen MR) is 69.9 cm³/mol. The second kappa shape index (κ2) is 5.50. The van der Waals surface area contributed by atoms with E-state index in [1.807, 2.05) is 0 Å². The summed E-state index contributed by atoms with van der Waals surface area (Å²) < 4.78 is 81.8. The molecular formula is C15H12F6O2. The van der Waals surface area contributed by atoms with Crippen LogP contribution >= 0.6 is 0 Å². The van der Waals surface area contributed by atoms with Crippen LogP contribution in [-0.4, -0.2) is 22.6 Å². The van der Waals surface area contributed by atoms with Gasteiger partial charge in [0.2, 0.25) is 0 Å². The lowest BCUT2D eigenvalue weighted by molar-refractivity contribution is -0.314. The van der Waals surface area contributed by atoms with Gasteiger partial charge in [0, 0.05) is 5.92 Å². The van der Waals surface area contributed by atoms with Crippen LogP contribution in [0.15, 0.2) is 48.3 Å². The molecular weight excluding hydrogens is 326 g/mol. The highest BCUT2D eigenvalue weighted by molar-refractivity contribution is 5.38. The highest BCUT2D eigenvalue weighted by Gasteiger charge is 2.74. The zero-order valence-corrected chi connectivity index (χ0v) is 11.5. The molecule has 1 aliphatic rings. The number of halogens is 6. The van der Waals surface area contributed by atoms with Gasteiger partial charge in [-0.2, -0.15) is 26.3 Å². The van der Waals surface area contributed by atoms with Crippen molar-refractivity contribution in [2.45, 2.75) is 24.2 Å². The lowest BCUT2D eigenvalue weighted by Crippen LogP contribution is -2.58. The van der Waals surface area contributed by atoms with E-state index in [-0.39, 0.29) is 5.76 Å². The summed E-state index contributed by atoms with van der Waals surface area (Å²) in [5.74, 6) is -2.79. The van der Waals surface area contributed by atoms with Crippen LogP contribution in [0.2, 0.25) is 0 Å². The number of hydrogen-bond acceptors (Lipinski definition) is 2. The van der Waals surface area contributed by atoms with E-state index in [0.717, 1.165) is 24.3 Å². The van der Waals surface area contributed by atoms with Gasteiger partial charge in [0.05, 0.1) is 0 Å². The van der Waals surface area contributed by atoms with Gasteiger partial charge >= 0.3 is 12.4 Å². The van der Waals surface area contributed by atoms with Gasteiger partial charge in [-0.1, -0.05) is 18.2 Å². The van der Waals surface area contributed by atoms with Crippen molar-refractivity contribution in [3.63, 3.8) is 0 Å². The third-order valence-electron chi connectivity index (χ3n) is 3.85. The molecule has 0 fully saturated rings. The first-order valence-electron chi connectivity index (χ1n) is 6.50. The molecule has 0 bridgehead atoms. The molecule has 0 spiro atoms. The lowest BCUT2D eigenvalue weighted by atomic mass is 9.66. The molecule has 0 saturated heterocycles. The summed E-state index contributed by atoms with van der Waals surface area (Å²) in [6.45, 7) is 0. The van der Waals surface area contributed by atoms with Gasteiger partial charge < -0.3 is 10.2 Å². The minimum Gasteiger partial charge on any atom is -0.508 e. The van der Waals surface area contributed by atoms with E-state index in [2.05, 4.69) is 0 Å². The van der Waals surface area contributed by atoms with Crippen molar-refractivity contribution < 1.29 is 36.6 Å². The van der Waals surface area contributed by atoms with Crippen LogP contribution in [-0.2, 0) is 5.41 Å². The summed E-state index contributed by atoms with van der Waals surface area (Å²) in [6.07, 6.45) is -9.43. The number of aliphatic hydroxyl groups is 1. The molecule has 0 saturated carbocycles. The minimum atomic E-state index is -5.63. The van der Waals surface area contributed by atoms with Gasteiger partial charge in [-0.05, 0) is 36.3 Å². The Labute approximate surface area is 127 Å². The van der Waals surface area contributed by atoms with Crippen molar-refractivity contribution in [1.82, 2.24) is 0 Å². The highest BCUT2D eigenvalue weighted by Crippen LogP contribution is 2.58. The van der Waals surface area contributed by atoms with Crippen LogP contribution in [0.5, 0.6) is 5.75 Å². The average Bonchev–Trinajstić information content (AvgIpc) is 2.40. The Bertz CT molecular complexity index is 611. The van der Waals surface area contributed by atoms with Gasteiger partial charge in [-0.25, -0.2) is 0 Å². The molecule has 1 atom stereocenters. The molecule has 126 valence electrons. The molecule has 8 heteroatoms. The Kier molecular flexibility index (Phi) is 4.13. The van der Waals surface area contributed by atoms with E-state index >= 15 is 0 Å². The Morgan fingerprint density at radius 2 is 1.39 bits per heavy atom. The van der Waals surface area contributed by atoms with Crippen LogP contribution in [0.4, 0.5) is 26.3 Å². The second-order valence-electron chi connectivity index (χ2n) is 5.18. The zero-order chi connectivity index (χ0) is 17.5. The SMILES string of the molecule is OC1=CCC(C(c2ccc(O)cc2)(C(F)(F)F)C(F)(F)F)C=C1. The quantitative estimate of drug-likeness (QED) is 0.763. The van der Waals surface area contributed by atoms with E-state index in [4.69, 9.17) is 5.11 Å². The molecule has 1 aromatic carbocycles. The summed E-state index contributed by atoms with van der Waals surface area (Å²) in [5.41, 5.74) is -5.15. The largest absolute Gasteiger partial charge is 0.508 e. The standard InChI is InChI=1S/C15H12F6O2/c16-14(17,18)13(15(19,20)21,9-1-5-11(22)6-2-9)10-3-7-12(23)8-4-10/h1-3,5-8,10,22-23H,4H2. The Morgan fingerprint density at radius 3 is 1.78 bits per heavy atom. The molecule has 2 nitrogen and oxygen atoms in total. The maximum Gasteiger partial charge on any atom is 0.407 e. The van der Waals surface area contributed by atoms with Crippen LogP contribution in [0.3, 0.4) is 0 Å². The van der Waals surface area contributed by atoms with E-state index in [0.29, 0.717) is 18.2 Å². The molecule has 2 N–H and O–H groups in total. The van der Waals surface area contributed by atoms with Crippen molar-refractivity contribution >= 4 is 0 Å². The predicted octanol–water partition coefficient (Wildman–Crippen LogP) is 4.77. The van der Waals surface area contributed by atoms with Gasteiger partial charge in [-0.3, -0.25) is 0 Å².